The number of allylic oxidation sites excluding steroid dienone is 19. The van der Waals surface area contributed by atoms with Crippen molar-refractivity contribution in [3.05, 3.63) is 122 Å². The molecule has 0 fully saturated rings. The van der Waals surface area contributed by atoms with Crippen LogP contribution in [0, 0.1) is 0 Å². The lowest BCUT2D eigenvalue weighted by atomic mass is 10.0. The molecular weight excluding hydrogens is 1040 g/mol. The number of quaternary nitrogens is 1. The number of hydrogen-bond acceptors (Lipinski definition) is 6. The van der Waals surface area contributed by atoms with Crippen molar-refractivity contribution in [2.24, 2.45) is 0 Å². The molecule has 83 heavy (non-hydrogen) atoms. The van der Waals surface area contributed by atoms with Crippen molar-refractivity contribution < 1.29 is 32.9 Å². The molecule has 0 aliphatic rings. The number of hydrogen-bond donors (Lipinski definition) is 2. The molecular formula is C74H131N2O6P. The molecule has 0 aromatic carbocycles. The first-order valence-electron chi connectivity index (χ1n) is 34.4. The Morgan fingerprint density at radius 1 is 0.434 bits per heavy atom. The van der Waals surface area contributed by atoms with E-state index in [1.165, 1.54) is 180 Å². The summed E-state index contributed by atoms with van der Waals surface area (Å²) in [6.45, 7) is 4.52. The molecule has 0 saturated heterocycles. The Morgan fingerprint density at radius 3 is 1.12 bits per heavy atom. The van der Waals surface area contributed by atoms with Crippen molar-refractivity contribution in [3.8, 4) is 0 Å². The van der Waals surface area contributed by atoms with Crippen LogP contribution < -0.4 is 10.2 Å². The van der Waals surface area contributed by atoms with E-state index in [1.807, 2.05) is 27.2 Å². The van der Waals surface area contributed by atoms with Crippen molar-refractivity contribution in [1.82, 2.24) is 5.32 Å². The number of nitrogens with one attached hydrogen (secondary N) is 1. The van der Waals surface area contributed by atoms with Gasteiger partial charge in [0.15, 0.2) is 0 Å². The molecule has 3 atom stereocenters. The Morgan fingerprint density at radius 2 is 0.747 bits per heavy atom. The molecule has 0 rings (SSSR count). The highest BCUT2D eigenvalue weighted by Gasteiger charge is 2.23. The summed E-state index contributed by atoms with van der Waals surface area (Å²) in [5.41, 5.74) is 0. The number of carbonyl (C=O) groups excluding carboxylic acids is 1. The molecule has 0 heterocycles. The van der Waals surface area contributed by atoms with E-state index in [0.29, 0.717) is 17.4 Å². The van der Waals surface area contributed by atoms with Gasteiger partial charge >= 0.3 is 0 Å². The monoisotopic (exact) mass is 1170 g/mol. The van der Waals surface area contributed by atoms with Crippen LogP contribution in [0.5, 0.6) is 0 Å². The highest BCUT2D eigenvalue weighted by molar-refractivity contribution is 7.45. The third kappa shape index (κ3) is 66.3. The number of nitrogens with zero attached hydrogens (tertiary/aromatic N) is 1. The lowest BCUT2D eigenvalue weighted by molar-refractivity contribution is -0.870. The van der Waals surface area contributed by atoms with Crippen LogP contribution in [0.3, 0.4) is 0 Å². The van der Waals surface area contributed by atoms with Crippen LogP contribution in [0.1, 0.15) is 290 Å². The van der Waals surface area contributed by atoms with E-state index < -0.39 is 26.6 Å². The third-order valence-electron chi connectivity index (χ3n) is 14.9. The van der Waals surface area contributed by atoms with E-state index in [-0.39, 0.29) is 12.5 Å². The fourth-order valence-electron chi connectivity index (χ4n) is 9.58. The van der Waals surface area contributed by atoms with Crippen molar-refractivity contribution in [3.63, 3.8) is 0 Å². The van der Waals surface area contributed by atoms with Gasteiger partial charge in [0.05, 0.1) is 39.9 Å². The van der Waals surface area contributed by atoms with E-state index in [0.717, 1.165) is 89.9 Å². The summed E-state index contributed by atoms with van der Waals surface area (Å²) in [4.78, 5) is 25.6. The topological polar surface area (TPSA) is 108 Å². The third-order valence-corrected chi connectivity index (χ3v) is 15.8. The van der Waals surface area contributed by atoms with Crippen molar-refractivity contribution >= 4 is 13.7 Å². The number of carbonyl (C=O) groups is 1. The highest BCUT2D eigenvalue weighted by Crippen LogP contribution is 2.38. The molecule has 0 aromatic rings. The Hall–Kier alpha value is -3.10. The van der Waals surface area contributed by atoms with Crippen LogP contribution in [-0.2, 0) is 18.4 Å². The van der Waals surface area contributed by atoms with Crippen LogP contribution in [0.4, 0.5) is 0 Å². The zero-order valence-corrected chi connectivity index (χ0v) is 55.5. The minimum atomic E-state index is -4.62. The molecule has 9 heteroatoms. The van der Waals surface area contributed by atoms with Crippen molar-refractivity contribution in [1.29, 1.82) is 0 Å². The molecule has 0 radical (unpaired) electrons. The predicted octanol–water partition coefficient (Wildman–Crippen LogP) is 21.4. The SMILES string of the molecule is CC/C=C\C/C=C\C/C=C\C/C=C\C/C=C\C/C=C\C/C=C\CCCCCCCCCCCCCCCCCCCCCC(=O)NC(COP(=O)([O-])OCC[N+](C)(C)C)C(O)/C=C/CC/C=C/CC/C=C/CCCCCCCCCCCC. The van der Waals surface area contributed by atoms with E-state index >= 15 is 0 Å². The van der Waals surface area contributed by atoms with Gasteiger partial charge in [-0.25, -0.2) is 0 Å². The average Bonchev–Trinajstić information content (AvgIpc) is 3.49. The molecule has 2 N–H and O–H groups in total. The molecule has 8 nitrogen and oxygen atoms in total. The fraction of sp³-hybridized carbons (Fsp3) is 0.716. The molecule has 0 aromatic heterocycles. The molecule has 0 saturated carbocycles. The number of amides is 1. The van der Waals surface area contributed by atoms with Crippen LogP contribution >= 0.6 is 7.82 Å². The van der Waals surface area contributed by atoms with Crippen molar-refractivity contribution in [2.45, 2.75) is 302 Å². The summed E-state index contributed by atoms with van der Waals surface area (Å²) in [6, 6.07) is -0.916. The summed E-state index contributed by atoms with van der Waals surface area (Å²) in [7, 11) is 1.23. The van der Waals surface area contributed by atoms with Crippen LogP contribution in [0.15, 0.2) is 122 Å². The molecule has 3 unspecified atom stereocenters. The first-order chi connectivity index (χ1) is 40.5. The normalized spacial score (nSPS) is 14.4. The maximum Gasteiger partial charge on any atom is 0.268 e. The Kier molecular flexibility index (Phi) is 61.0. The minimum absolute atomic E-state index is 0.0120. The number of aliphatic hydroxyl groups is 1. The molecule has 0 spiro atoms. The van der Waals surface area contributed by atoms with Gasteiger partial charge in [-0.05, 0) is 103 Å². The van der Waals surface area contributed by atoms with Gasteiger partial charge in [-0.1, -0.05) is 302 Å². The lowest BCUT2D eigenvalue weighted by Gasteiger charge is -2.29. The largest absolute Gasteiger partial charge is 0.756 e. The number of phosphoric ester groups is 1. The second kappa shape index (κ2) is 63.4. The Labute approximate surface area is 514 Å². The van der Waals surface area contributed by atoms with Gasteiger partial charge in [0.25, 0.3) is 7.82 Å². The summed E-state index contributed by atoms with van der Waals surface area (Å²) >= 11 is 0. The summed E-state index contributed by atoms with van der Waals surface area (Å²) in [5, 5.41) is 13.9. The van der Waals surface area contributed by atoms with Gasteiger partial charge < -0.3 is 28.8 Å². The van der Waals surface area contributed by atoms with Crippen LogP contribution in [0.25, 0.3) is 0 Å². The standard InChI is InChI=1S/C74H131N2O6P/c1-6-8-10-12-14-16-18-20-22-24-26-28-29-30-31-32-33-34-35-36-37-38-39-40-41-42-43-44-45-46-47-48-50-52-54-56-58-60-62-64-66-68-74(78)75-72(71-82-83(79,80)81-70-69-76(3,4)5)73(77)67-65-63-61-59-57-55-53-51-49-27-25-23-21-19-17-15-13-11-9-7-2/h8,10,14,16,20,22,26,28,30-31,33-34,36-37,49,51,57,59,65,67,72-73,77H,6-7,9,11-13,15,17-19,21,23-25,27,29,32,35,38-48,50,52-56,58,60-64,66,68-71H2,1-5H3,(H-,75,78,79,80)/b10-8-,16-14-,22-20-,28-26-,31-30-,34-33-,37-36-,51-49+,59-57+,67-65+. The van der Waals surface area contributed by atoms with E-state index in [9.17, 15) is 19.4 Å². The zero-order valence-electron chi connectivity index (χ0n) is 54.6. The van der Waals surface area contributed by atoms with Gasteiger partial charge in [-0.2, -0.15) is 0 Å². The minimum Gasteiger partial charge on any atom is -0.756 e. The smallest absolute Gasteiger partial charge is 0.268 e. The van der Waals surface area contributed by atoms with E-state index in [1.54, 1.807) is 6.08 Å². The zero-order chi connectivity index (χ0) is 60.5. The number of unbranched alkanes of at least 4 members (excludes halogenated alkanes) is 31. The second-order valence-corrected chi connectivity index (χ2v) is 25.5. The summed E-state index contributed by atoms with van der Waals surface area (Å²) < 4.78 is 23.4. The number of rotatable bonds is 62. The first kappa shape index (κ1) is 79.9. The van der Waals surface area contributed by atoms with Crippen LogP contribution in [-0.4, -0.2) is 68.5 Å². The molecule has 0 bridgehead atoms. The van der Waals surface area contributed by atoms with E-state index in [4.69, 9.17) is 9.05 Å². The van der Waals surface area contributed by atoms with Gasteiger partial charge in [0, 0.05) is 6.42 Å². The van der Waals surface area contributed by atoms with E-state index in [2.05, 4.69) is 129 Å². The van der Waals surface area contributed by atoms with Gasteiger partial charge in [0.1, 0.15) is 13.2 Å². The first-order valence-corrected chi connectivity index (χ1v) is 35.9. The predicted molar refractivity (Wildman–Crippen MR) is 362 cm³/mol. The summed E-state index contributed by atoms with van der Waals surface area (Å²) in [6.07, 6.45) is 94.6. The molecule has 0 aliphatic heterocycles. The molecule has 0 aliphatic carbocycles. The second-order valence-electron chi connectivity index (χ2n) is 24.1. The Bertz CT molecular complexity index is 1770. The number of aliphatic hydroxyl groups excluding tert-OH is 1. The van der Waals surface area contributed by atoms with Crippen LogP contribution in [0.2, 0.25) is 0 Å². The molecule has 1 amide bonds. The Balaban J connectivity index is 4.04. The average molecular weight is 1180 g/mol. The maximum atomic E-state index is 13.0. The summed E-state index contributed by atoms with van der Waals surface area (Å²) in [5.74, 6) is -0.211. The number of likely N-dealkylation sites (N-methyl/N-ethyl adjacent to an activating group) is 1. The van der Waals surface area contributed by atoms with Gasteiger partial charge in [-0.3, -0.25) is 9.36 Å². The number of phosphoric acid groups is 1. The fourth-order valence-corrected chi connectivity index (χ4v) is 10.3. The molecule has 478 valence electrons. The quantitative estimate of drug-likeness (QED) is 0.0272. The maximum absolute atomic E-state index is 13.0. The highest BCUT2D eigenvalue weighted by atomic mass is 31.2. The van der Waals surface area contributed by atoms with Crippen molar-refractivity contribution in [2.75, 3.05) is 40.9 Å². The van der Waals surface area contributed by atoms with Gasteiger partial charge in [0.2, 0.25) is 5.91 Å². The lowest BCUT2D eigenvalue weighted by Crippen LogP contribution is -2.45. The van der Waals surface area contributed by atoms with Gasteiger partial charge in [-0.15, -0.1) is 0 Å².